The average molecular weight is 179 g/mol. The topological polar surface area (TPSA) is 43.3 Å². The first-order chi connectivity index (χ1) is 6.24. The minimum atomic E-state index is -0.236. The van der Waals surface area contributed by atoms with Gasteiger partial charge in [-0.25, -0.2) is 9.37 Å². The quantitative estimate of drug-likeness (QED) is 0.715. The fraction of sp³-hybridized carbons (Fsp3) is 0.222. The predicted molar refractivity (Wildman–Crippen MR) is 47.8 cm³/mol. The van der Waals surface area contributed by atoms with Gasteiger partial charge in [0, 0.05) is 12.7 Å². The van der Waals surface area contributed by atoms with Crippen LogP contribution in [0.25, 0.3) is 5.52 Å². The van der Waals surface area contributed by atoms with Crippen molar-refractivity contribution in [1.82, 2.24) is 9.38 Å². The first-order valence-corrected chi connectivity index (χ1v) is 4.04. The highest BCUT2D eigenvalue weighted by Crippen LogP contribution is 2.16. The van der Waals surface area contributed by atoms with Gasteiger partial charge in [0.1, 0.15) is 5.52 Å². The number of aryl methyl sites for hydroxylation is 1. The van der Waals surface area contributed by atoms with Crippen LogP contribution in [0, 0.1) is 12.7 Å². The van der Waals surface area contributed by atoms with Gasteiger partial charge in [-0.15, -0.1) is 0 Å². The molecule has 3 nitrogen and oxygen atoms in total. The summed E-state index contributed by atoms with van der Waals surface area (Å²) in [4.78, 5) is 4.01. The molecule has 13 heavy (non-hydrogen) atoms. The molecule has 2 N–H and O–H groups in total. The molecule has 2 heterocycles. The van der Waals surface area contributed by atoms with Crippen LogP contribution in [0.5, 0.6) is 0 Å². The van der Waals surface area contributed by atoms with Crippen molar-refractivity contribution in [3.63, 3.8) is 0 Å². The highest BCUT2D eigenvalue weighted by molar-refractivity contribution is 5.55. The normalized spacial score (nSPS) is 11.0. The van der Waals surface area contributed by atoms with Crippen LogP contribution in [0.2, 0.25) is 0 Å². The molecule has 0 aliphatic rings. The Balaban J connectivity index is 2.85. The molecule has 2 aromatic heterocycles. The lowest BCUT2D eigenvalue weighted by Gasteiger charge is -2.00. The van der Waals surface area contributed by atoms with Crippen molar-refractivity contribution in [2.24, 2.45) is 5.73 Å². The van der Waals surface area contributed by atoms with Crippen molar-refractivity contribution in [1.29, 1.82) is 0 Å². The first kappa shape index (κ1) is 8.19. The molecule has 68 valence electrons. The molecular formula is C9H10FN3. The molecule has 0 atom stereocenters. The Labute approximate surface area is 75.0 Å². The highest BCUT2D eigenvalue weighted by Gasteiger charge is 2.09. The maximum Gasteiger partial charge on any atom is 0.152 e. The van der Waals surface area contributed by atoms with E-state index in [4.69, 9.17) is 5.73 Å². The van der Waals surface area contributed by atoms with Gasteiger partial charge >= 0.3 is 0 Å². The Morgan fingerprint density at radius 1 is 1.62 bits per heavy atom. The summed E-state index contributed by atoms with van der Waals surface area (Å²) in [6.07, 6.45) is 3.35. The molecule has 0 radical (unpaired) electrons. The minimum absolute atomic E-state index is 0.236. The van der Waals surface area contributed by atoms with Gasteiger partial charge in [-0.3, -0.25) is 0 Å². The number of hydrogen-bond donors (Lipinski definition) is 1. The Hall–Kier alpha value is -1.42. The summed E-state index contributed by atoms with van der Waals surface area (Å²) in [5.74, 6) is -0.236. The zero-order valence-corrected chi connectivity index (χ0v) is 7.29. The number of fused-ring (bicyclic) bond motifs is 1. The zero-order chi connectivity index (χ0) is 9.42. The van der Waals surface area contributed by atoms with Gasteiger partial charge in [0.05, 0.1) is 12.0 Å². The minimum Gasteiger partial charge on any atom is -0.325 e. The maximum absolute atomic E-state index is 13.6. The molecule has 4 heteroatoms. The summed E-state index contributed by atoms with van der Waals surface area (Å²) >= 11 is 0. The summed E-state index contributed by atoms with van der Waals surface area (Å²) in [5, 5.41) is 0. The van der Waals surface area contributed by atoms with Crippen molar-refractivity contribution >= 4 is 5.52 Å². The van der Waals surface area contributed by atoms with Crippen LogP contribution in [0.3, 0.4) is 0 Å². The van der Waals surface area contributed by atoms with Crippen LogP contribution in [-0.4, -0.2) is 9.38 Å². The average Bonchev–Trinajstić information content (AvgIpc) is 2.55. The number of hydrogen-bond acceptors (Lipinski definition) is 2. The number of pyridine rings is 1. The van der Waals surface area contributed by atoms with Crippen molar-refractivity contribution in [3.05, 3.63) is 35.7 Å². The summed E-state index contributed by atoms with van der Waals surface area (Å²) in [5.41, 5.74) is 7.14. The summed E-state index contributed by atoms with van der Waals surface area (Å²) < 4.78 is 15.2. The standard InChI is InChI=1S/C9H10FN3/c1-6-2-3-13-5-12-7(4-11)9(13)8(6)10/h2-3,5H,4,11H2,1H3. The van der Waals surface area contributed by atoms with Crippen LogP contribution < -0.4 is 5.73 Å². The second-order valence-electron chi connectivity index (χ2n) is 2.96. The molecule has 0 saturated carbocycles. The molecule has 0 spiro atoms. The third-order valence-corrected chi connectivity index (χ3v) is 2.10. The molecule has 0 saturated heterocycles. The number of aromatic nitrogens is 2. The summed E-state index contributed by atoms with van der Waals surface area (Å²) in [6, 6.07) is 1.71. The van der Waals surface area contributed by atoms with Gasteiger partial charge in [-0.1, -0.05) is 0 Å². The molecular weight excluding hydrogens is 169 g/mol. The smallest absolute Gasteiger partial charge is 0.152 e. The van der Waals surface area contributed by atoms with E-state index in [2.05, 4.69) is 4.98 Å². The van der Waals surface area contributed by atoms with Crippen LogP contribution in [0.1, 0.15) is 11.3 Å². The highest BCUT2D eigenvalue weighted by atomic mass is 19.1. The van der Waals surface area contributed by atoms with Crippen LogP contribution in [-0.2, 0) is 6.54 Å². The molecule has 0 aromatic carbocycles. The predicted octanol–water partition coefficient (Wildman–Crippen LogP) is 1.24. The molecule has 2 aromatic rings. The number of rotatable bonds is 1. The lowest BCUT2D eigenvalue weighted by Crippen LogP contribution is -1.99. The molecule has 2 rings (SSSR count). The van der Waals surface area contributed by atoms with E-state index in [0.29, 0.717) is 16.8 Å². The third-order valence-electron chi connectivity index (χ3n) is 2.10. The molecule has 0 amide bonds. The molecule has 0 fully saturated rings. The van der Waals surface area contributed by atoms with E-state index in [1.165, 1.54) is 0 Å². The summed E-state index contributed by atoms with van der Waals surface area (Å²) in [6.45, 7) is 1.99. The molecule has 0 aliphatic heterocycles. The molecule has 0 aliphatic carbocycles. The van der Waals surface area contributed by atoms with Gasteiger partial charge in [-0.05, 0) is 18.6 Å². The third kappa shape index (κ3) is 1.10. The van der Waals surface area contributed by atoms with E-state index in [0.717, 1.165) is 0 Å². The monoisotopic (exact) mass is 179 g/mol. The second kappa shape index (κ2) is 2.81. The number of nitrogens with two attached hydrogens (primary N) is 1. The second-order valence-corrected chi connectivity index (χ2v) is 2.96. The van der Waals surface area contributed by atoms with Crippen molar-refractivity contribution < 1.29 is 4.39 Å². The fourth-order valence-corrected chi connectivity index (χ4v) is 1.35. The van der Waals surface area contributed by atoms with Crippen LogP contribution in [0.15, 0.2) is 18.6 Å². The molecule has 0 unspecified atom stereocenters. The van der Waals surface area contributed by atoms with Crippen LogP contribution in [0.4, 0.5) is 4.39 Å². The summed E-state index contributed by atoms with van der Waals surface area (Å²) in [7, 11) is 0. The van der Waals surface area contributed by atoms with Gasteiger partial charge in [0.2, 0.25) is 0 Å². The van der Waals surface area contributed by atoms with Crippen molar-refractivity contribution in [2.75, 3.05) is 0 Å². The number of halogens is 1. The van der Waals surface area contributed by atoms with Crippen molar-refractivity contribution in [2.45, 2.75) is 13.5 Å². The van der Waals surface area contributed by atoms with Gasteiger partial charge in [-0.2, -0.15) is 0 Å². The Bertz CT molecular complexity index is 447. The maximum atomic E-state index is 13.6. The SMILES string of the molecule is Cc1ccn2cnc(CN)c2c1F. The van der Waals surface area contributed by atoms with E-state index < -0.39 is 0 Å². The van der Waals surface area contributed by atoms with E-state index >= 15 is 0 Å². The zero-order valence-electron chi connectivity index (χ0n) is 7.29. The van der Waals surface area contributed by atoms with Crippen LogP contribution >= 0.6 is 0 Å². The van der Waals surface area contributed by atoms with E-state index in [9.17, 15) is 4.39 Å². The number of nitrogens with zero attached hydrogens (tertiary/aromatic N) is 2. The van der Waals surface area contributed by atoms with E-state index in [1.54, 1.807) is 29.9 Å². The first-order valence-electron chi connectivity index (χ1n) is 4.04. The Morgan fingerprint density at radius 3 is 3.08 bits per heavy atom. The Morgan fingerprint density at radius 2 is 2.38 bits per heavy atom. The lowest BCUT2D eigenvalue weighted by atomic mass is 10.2. The fourth-order valence-electron chi connectivity index (χ4n) is 1.35. The Kier molecular flexibility index (Phi) is 1.77. The van der Waals surface area contributed by atoms with Gasteiger partial charge in [0.25, 0.3) is 0 Å². The van der Waals surface area contributed by atoms with Gasteiger partial charge < -0.3 is 10.1 Å². The van der Waals surface area contributed by atoms with Gasteiger partial charge in [0.15, 0.2) is 5.82 Å². The van der Waals surface area contributed by atoms with Crippen molar-refractivity contribution in [3.8, 4) is 0 Å². The molecule has 0 bridgehead atoms. The lowest BCUT2D eigenvalue weighted by molar-refractivity contribution is 0.622. The van der Waals surface area contributed by atoms with E-state index in [1.807, 2.05) is 0 Å². The largest absolute Gasteiger partial charge is 0.325 e. The number of imidazole rings is 1. The van der Waals surface area contributed by atoms with E-state index in [-0.39, 0.29) is 12.4 Å².